The molecule has 0 unspecified atom stereocenters. The van der Waals surface area contributed by atoms with Crippen LogP contribution in [0, 0.1) is 13.8 Å². The molecule has 0 spiro atoms. The minimum absolute atomic E-state index is 0.0803. The van der Waals surface area contributed by atoms with Gasteiger partial charge in [0.1, 0.15) is 0 Å². The fourth-order valence-corrected chi connectivity index (χ4v) is 3.71. The Bertz CT molecular complexity index is 1340. The molecule has 0 radical (unpaired) electrons. The Hall–Kier alpha value is -3.80. The number of aromatic amines is 2. The Labute approximate surface area is 167 Å². The molecule has 0 atom stereocenters. The van der Waals surface area contributed by atoms with Gasteiger partial charge in [-0.15, -0.1) is 0 Å². The maximum atomic E-state index is 12.6. The number of carbonyl (C=O) groups is 1. The lowest BCUT2D eigenvalue weighted by atomic mass is 10.1. The predicted octanol–water partition coefficient (Wildman–Crippen LogP) is 4.54. The average molecular weight is 381 g/mol. The van der Waals surface area contributed by atoms with E-state index >= 15 is 0 Å². The molecule has 2 N–H and O–H groups in total. The first kappa shape index (κ1) is 17.3. The molecule has 6 nitrogen and oxygen atoms in total. The standard InChI is InChI=1S/C23H19N5O/c1-13-8-16(9-14(2)24-13)22-17-11-19-20(12-18(17)27-28-22)26-23(25-19)21(29)10-15-6-4-3-5-7-15/h3-9,11-12,27-28H,10H2,1-2H3. The summed E-state index contributed by atoms with van der Waals surface area (Å²) in [7, 11) is 0. The second-order valence-electron chi connectivity index (χ2n) is 7.28. The van der Waals surface area contributed by atoms with Crippen LogP contribution < -0.4 is 0 Å². The summed E-state index contributed by atoms with van der Waals surface area (Å²) in [4.78, 5) is 26.1. The van der Waals surface area contributed by atoms with E-state index in [9.17, 15) is 4.79 Å². The van der Waals surface area contributed by atoms with E-state index in [1.54, 1.807) is 0 Å². The number of rotatable bonds is 4. The molecule has 5 aromatic rings. The Morgan fingerprint density at radius 2 is 1.55 bits per heavy atom. The summed E-state index contributed by atoms with van der Waals surface area (Å²) in [5.74, 6) is 0.181. The van der Waals surface area contributed by atoms with E-state index in [1.165, 1.54) is 0 Å². The van der Waals surface area contributed by atoms with Crippen LogP contribution in [0.1, 0.15) is 27.6 Å². The van der Waals surface area contributed by atoms with Crippen LogP contribution in [0.15, 0.2) is 54.6 Å². The van der Waals surface area contributed by atoms with Crippen molar-refractivity contribution < 1.29 is 4.79 Å². The van der Waals surface area contributed by atoms with Gasteiger partial charge < -0.3 is 5.10 Å². The van der Waals surface area contributed by atoms with Crippen molar-refractivity contribution in [2.24, 2.45) is 0 Å². The molecule has 6 heteroatoms. The van der Waals surface area contributed by atoms with E-state index < -0.39 is 0 Å². The number of aryl methyl sites for hydroxylation is 2. The summed E-state index contributed by atoms with van der Waals surface area (Å²) >= 11 is 0. The lowest BCUT2D eigenvalue weighted by Crippen LogP contribution is -2.05. The van der Waals surface area contributed by atoms with Gasteiger partial charge in [0.05, 0.1) is 22.2 Å². The van der Waals surface area contributed by atoms with Crippen LogP contribution in [0.25, 0.3) is 33.2 Å². The van der Waals surface area contributed by atoms with Crippen LogP contribution in [-0.2, 0) is 6.42 Å². The van der Waals surface area contributed by atoms with Gasteiger partial charge in [-0.05, 0) is 43.7 Å². The highest BCUT2D eigenvalue weighted by atomic mass is 16.1. The third kappa shape index (κ3) is 3.18. The Morgan fingerprint density at radius 1 is 0.862 bits per heavy atom. The summed E-state index contributed by atoms with van der Waals surface area (Å²) in [6.45, 7) is 3.97. The first-order chi connectivity index (χ1) is 14.1. The summed E-state index contributed by atoms with van der Waals surface area (Å²) < 4.78 is 0. The molecule has 0 aliphatic heterocycles. The highest BCUT2D eigenvalue weighted by Gasteiger charge is 2.16. The van der Waals surface area contributed by atoms with Gasteiger partial charge in [-0.25, -0.2) is 9.97 Å². The number of nitrogens with zero attached hydrogens (tertiary/aromatic N) is 3. The number of H-pyrrole nitrogens is 2. The Kier molecular flexibility index (Phi) is 3.98. The zero-order valence-electron chi connectivity index (χ0n) is 16.2. The number of aromatic nitrogens is 5. The molecule has 3 heterocycles. The number of hydrogen-bond acceptors (Lipinski definition) is 4. The molecule has 0 bridgehead atoms. The van der Waals surface area contributed by atoms with Crippen molar-refractivity contribution in [1.29, 1.82) is 0 Å². The molecule has 142 valence electrons. The van der Waals surface area contributed by atoms with Crippen LogP contribution >= 0.6 is 0 Å². The van der Waals surface area contributed by atoms with Gasteiger partial charge >= 0.3 is 0 Å². The number of hydrogen-bond donors (Lipinski definition) is 2. The van der Waals surface area contributed by atoms with Crippen molar-refractivity contribution in [2.45, 2.75) is 20.3 Å². The van der Waals surface area contributed by atoms with Gasteiger partial charge in [0.25, 0.3) is 0 Å². The number of pyridine rings is 1. The van der Waals surface area contributed by atoms with Gasteiger partial charge in [0.2, 0.25) is 5.78 Å². The number of ketones is 1. The third-order valence-electron chi connectivity index (χ3n) is 4.99. The van der Waals surface area contributed by atoms with Gasteiger partial charge in [-0.2, -0.15) is 0 Å². The summed E-state index contributed by atoms with van der Waals surface area (Å²) in [5, 5.41) is 7.45. The topological polar surface area (TPSA) is 87.3 Å². The summed E-state index contributed by atoms with van der Waals surface area (Å²) in [5.41, 5.74) is 7.25. The number of Topliss-reactive ketones (excluding diaryl/α,β-unsaturated/α-hetero) is 1. The molecular formula is C23H19N5O. The monoisotopic (exact) mass is 381 g/mol. The first-order valence-corrected chi connectivity index (χ1v) is 9.47. The lowest BCUT2D eigenvalue weighted by Gasteiger charge is -2.03. The maximum absolute atomic E-state index is 12.6. The van der Waals surface area contributed by atoms with Crippen LogP contribution in [0.5, 0.6) is 0 Å². The van der Waals surface area contributed by atoms with Gasteiger partial charge in [0, 0.05) is 28.8 Å². The molecule has 5 rings (SSSR count). The zero-order chi connectivity index (χ0) is 20.0. The highest BCUT2D eigenvalue weighted by molar-refractivity contribution is 6.03. The minimum atomic E-state index is -0.0803. The molecule has 0 saturated heterocycles. The van der Waals surface area contributed by atoms with Crippen LogP contribution in [0.3, 0.4) is 0 Å². The van der Waals surface area contributed by atoms with Crippen molar-refractivity contribution in [3.8, 4) is 11.3 Å². The van der Waals surface area contributed by atoms with Crippen molar-refractivity contribution in [3.05, 3.63) is 77.4 Å². The van der Waals surface area contributed by atoms with E-state index in [2.05, 4.69) is 25.1 Å². The summed E-state index contributed by atoms with van der Waals surface area (Å²) in [6.07, 6.45) is 0.295. The second kappa shape index (κ2) is 6.67. The molecule has 0 aliphatic carbocycles. The van der Waals surface area contributed by atoms with Crippen LogP contribution in [0.2, 0.25) is 0 Å². The third-order valence-corrected chi connectivity index (χ3v) is 4.99. The van der Waals surface area contributed by atoms with Crippen molar-refractivity contribution in [2.75, 3.05) is 0 Å². The van der Waals surface area contributed by atoms with E-state index in [0.29, 0.717) is 17.5 Å². The number of fused-ring (bicyclic) bond motifs is 2. The van der Waals surface area contributed by atoms with E-state index in [4.69, 9.17) is 0 Å². The molecule has 0 amide bonds. The quantitative estimate of drug-likeness (QED) is 0.447. The Balaban J connectivity index is 1.56. The Morgan fingerprint density at radius 3 is 2.28 bits per heavy atom. The first-order valence-electron chi connectivity index (χ1n) is 9.47. The minimum Gasteiger partial charge on any atom is -0.300 e. The van der Waals surface area contributed by atoms with Gasteiger partial charge in [-0.3, -0.25) is 14.9 Å². The number of imidazole rings is 1. The molecule has 0 fully saturated rings. The maximum Gasteiger partial charge on any atom is 0.204 e. The molecule has 2 aromatic carbocycles. The summed E-state index contributed by atoms with van der Waals surface area (Å²) in [6, 6.07) is 17.6. The number of carbonyl (C=O) groups excluding carboxylic acids is 1. The van der Waals surface area contributed by atoms with Gasteiger partial charge in [0.15, 0.2) is 5.82 Å². The van der Waals surface area contributed by atoms with E-state index in [1.807, 2.05) is 68.4 Å². The second-order valence-corrected chi connectivity index (χ2v) is 7.28. The van der Waals surface area contributed by atoms with E-state index in [0.717, 1.165) is 39.1 Å². The molecule has 0 aliphatic rings. The lowest BCUT2D eigenvalue weighted by molar-refractivity contribution is 0.0984. The predicted molar refractivity (Wildman–Crippen MR) is 113 cm³/mol. The highest BCUT2D eigenvalue weighted by Crippen LogP contribution is 2.30. The normalized spacial score (nSPS) is 11.4. The van der Waals surface area contributed by atoms with E-state index in [-0.39, 0.29) is 11.6 Å². The van der Waals surface area contributed by atoms with Crippen molar-refractivity contribution in [3.63, 3.8) is 0 Å². The smallest absolute Gasteiger partial charge is 0.204 e. The largest absolute Gasteiger partial charge is 0.300 e. The molecular weight excluding hydrogens is 362 g/mol. The van der Waals surface area contributed by atoms with Crippen molar-refractivity contribution >= 4 is 27.7 Å². The fraction of sp³-hybridized carbons (Fsp3) is 0.130. The molecule has 0 saturated carbocycles. The average Bonchev–Trinajstić information content (AvgIpc) is 3.29. The SMILES string of the molecule is Cc1cc(-c2[nH][nH]c3cc4nc(C(=O)Cc5ccccc5)nc4cc23)cc(C)n1. The zero-order valence-corrected chi connectivity index (χ0v) is 16.2. The van der Waals surface area contributed by atoms with Crippen LogP contribution in [0.4, 0.5) is 0 Å². The van der Waals surface area contributed by atoms with Crippen LogP contribution in [-0.4, -0.2) is 30.9 Å². The van der Waals surface area contributed by atoms with Gasteiger partial charge in [-0.1, -0.05) is 30.3 Å². The van der Waals surface area contributed by atoms with Crippen molar-refractivity contribution in [1.82, 2.24) is 25.1 Å². The number of benzene rings is 2. The molecule has 3 aromatic heterocycles. The fourth-order valence-electron chi connectivity index (χ4n) is 3.71. The molecule has 29 heavy (non-hydrogen) atoms. The number of nitrogens with one attached hydrogen (secondary N) is 2.